The molecule has 0 aliphatic rings. The third-order valence-corrected chi connectivity index (χ3v) is 8.95. The topological polar surface area (TPSA) is 134 Å². The van der Waals surface area contributed by atoms with Gasteiger partial charge in [0, 0.05) is 19.4 Å². The Labute approximate surface area is 305 Å². The zero-order valence-corrected chi connectivity index (χ0v) is 32.5. The fraction of sp³-hybridized carbons (Fsp3) is 0.750. The largest absolute Gasteiger partial charge is 0.472 e. The highest BCUT2D eigenvalue weighted by atomic mass is 31.2. The number of unbranched alkanes of at least 4 members (excludes halogenated alkanes) is 15. The standard InChI is InChI=1S/C40H72NO8P/c1-3-5-7-9-11-13-15-16-17-18-19-20-21-22-23-25-27-29-31-33-40(43)49-38(37-48-50(44,45)47-35-34-41)36-46-39(42)32-30-28-26-24-14-12-10-8-6-4-2/h11,13,16-17,19-20,22-23,38H,3-10,12,14-15,18,21,24-37,41H2,1-2H3,(H,44,45)/b13-11-,17-16-,20-19-,23-22-/t38-/m1/s1. The Morgan fingerprint density at radius 1 is 0.600 bits per heavy atom. The smallest absolute Gasteiger partial charge is 0.462 e. The van der Waals surface area contributed by atoms with Crippen LogP contribution in [-0.4, -0.2) is 49.3 Å². The van der Waals surface area contributed by atoms with Crippen molar-refractivity contribution in [2.24, 2.45) is 5.73 Å². The predicted octanol–water partition coefficient (Wildman–Crippen LogP) is 10.8. The van der Waals surface area contributed by atoms with Crippen molar-refractivity contribution in [3.05, 3.63) is 48.6 Å². The second-order valence-corrected chi connectivity index (χ2v) is 14.3. The molecule has 0 spiro atoms. The molecule has 0 aliphatic carbocycles. The van der Waals surface area contributed by atoms with Gasteiger partial charge in [-0.05, 0) is 57.8 Å². The van der Waals surface area contributed by atoms with Crippen LogP contribution in [0.1, 0.15) is 162 Å². The van der Waals surface area contributed by atoms with Gasteiger partial charge in [-0.3, -0.25) is 18.6 Å². The van der Waals surface area contributed by atoms with E-state index in [0.717, 1.165) is 57.8 Å². The number of phosphoric ester groups is 1. The van der Waals surface area contributed by atoms with Gasteiger partial charge in [-0.2, -0.15) is 0 Å². The molecule has 0 aliphatic heterocycles. The minimum Gasteiger partial charge on any atom is -0.462 e. The molecule has 3 N–H and O–H groups in total. The molecule has 0 heterocycles. The molecule has 0 fully saturated rings. The van der Waals surface area contributed by atoms with Gasteiger partial charge in [0.05, 0.1) is 13.2 Å². The Morgan fingerprint density at radius 3 is 1.58 bits per heavy atom. The van der Waals surface area contributed by atoms with E-state index in [9.17, 15) is 19.0 Å². The number of rotatable bonds is 36. The summed E-state index contributed by atoms with van der Waals surface area (Å²) in [4.78, 5) is 34.7. The normalized spacial score (nSPS) is 13.9. The lowest BCUT2D eigenvalue weighted by Gasteiger charge is -2.19. The summed E-state index contributed by atoms with van der Waals surface area (Å²) in [5.74, 6) is -0.869. The lowest BCUT2D eigenvalue weighted by atomic mass is 10.1. The monoisotopic (exact) mass is 725 g/mol. The summed E-state index contributed by atoms with van der Waals surface area (Å²) in [6.07, 6.45) is 40.0. The highest BCUT2D eigenvalue weighted by Crippen LogP contribution is 2.43. The summed E-state index contributed by atoms with van der Waals surface area (Å²) in [5, 5.41) is 0. The van der Waals surface area contributed by atoms with Crippen LogP contribution in [0.3, 0.4) is 0 Å². The fourth-order valence-corrected chi connectivity index (χ4v) is 5.79. The molecule has 0 rings (SSSR count). The van der Waals surface area contributed by atoms with Gasteiger partial charge < -0.3 is 20.1 Å². The number of carbonyl (C=O) groups excluding carboxylic acids is 2. The van der Waals surface area contributed by atoms with Gasteiger partial charge in [-0.25, -0.2) is 4.57 Å². The quantitative estimate of drug-likeness (QED) is 0.0280. The van der Waals surface area contributed by atoms with Crippen LogP contribution in [0, 0.1) is 0 Å². The number of hydrogen-bond acceptors (Lipinski definition) is 8. The first kappa shape index (κ1) is 48.0. The molecule has 0 amide bonds. The molecule has 290 valence electrons. The molecule has 10 heteroatoms. The van der Waals surface area contributed by atoms with Gasteiger partial charge in [-0.15, -0.1) is 0 Å². The highest BCUT2D eigenvalue weighted by molar-refractivity contribution is 7.47. The lowest BCUT2D eigenvalue weighted by Crippen LogP contribution is -2.29. The van der Waals surface area contributed by atoms with Crippen LogP contribution in [-0.2, 0) is 32.7 Å². The molecule has 1 unspecified atom stereocenters. The summed E-state index contributed by atoms with van der Waals surface area (Å²) in [6, 6.07) is 0. The molecule has 0 saturated carbocycles. The Bertz CT molecular complexity index is 965. The van der Waals surface area contributed by atoms with E-state index >= 15 is 0 Å². The van der Waals surface area contributed by atoms with Gasteiger partial charge in [0.1, 0.15) is 6.61 Å². The van der Waals surface area contributed by atoms with Gasteiger partial charge >= 0.3 is 19.8 Å². The van der Waals surface area contributed by atoms with E-state index in [0.29, 0.717) is 6.42 Å². The molecule has 9 nitrogen and oxygen atoms in total. The zero-order chi connectivity index (χ0) is 36.8. The summed E-state index contributed by atoms with van der Waals surface area (Å²) in [7, 11) is -4.38. The minimum absolute atomic E-state index is 0.0469. The Hall–Kier alpha value is -2.03. The predicted molar refractivity (Wildman–Crippen MR) is 206 cm³/mol. The van der Waals surface area contributed by atoms with Gasteiger partial charge in [0.2, 0.25) is 0 Å². The lowest BCUT2D eigenvalue weighted by molar-refractivity contribution is -0.161. The number of hydrogen-bond donors (Lipinski definition) is 2. The number of allylic oxidation sites excluding steroid dienone is 8. The van der Waals surface area contributed by atoms with Crippen molar-refractivity contribution in [2.75, 3.05) is 26.4 Å². The van der Waals surface area contributed by atoms with Gasteiger partial charge in [0.15, 0.2) is 6.10 Å². The van der Waals surface area contributed by atoms with Crippen LogP contribution in [0.25, 0.3) is 0 Å². The number of nitrogens with two attached hydrogens (primary N) is 1. The van der Waals surface area contributed by atoms with E-state index in [-0.39, 0.29) is 32.6 Å². The maximum atomic E-state index is 12.5. The third-order valence-electron chi connectivity index (χ3n) is 7.97. The highest BCUT2D eigenvalue weighted by Gasteiger charge is 2.25. The first-order chi connectivity index (χ1) is 24.3. The first-order valence-electron chi connectivity index (χ1n) is 19.6. The molecule has 0 bridgehead atoms. The molecule has 0 saturated heterocycles. The Morgan fingerprint density at radius 2 is 1.04 bits per heavy atom. The number of ether oxygens (including phenoxy) is 2. The number of phosphoric acid groups is 1. The fourth-order valence-electron chi connectivity index (χ4n) is 5.03. The zero-order valence-electron chi connectivity index (χ0n) is 31.6. The van der Waals surface area contributed by atoms with Crippen LogP contribution in [0.15, 0.2) is 48.6 Å². The van der Waals surface area contributed by atoms with Crippen molar-refractivity contribution in [2.45, 2.75) is 168 Å². The van der Waals surface area contributed by atoms with Crippen molar-refractivity contribution in [1.82, 2.24) is 0 Å². The van der Waals surface area contributed by atoms with Crippen LogP contribution in [0.5, 0.6) is 0 Å². The van der Waals surface area contributed by atoms with Crippen LogP contribution in [0.2, 0.25) is 0 Å². The first-order valence-corrected chi connectivity index (χ1v) is 21.1. The average molecular weight is 726 g/mol. The summed E-state index contributed by atoms with van der Waals surface area (Å²) in [5.41, 5.74) is 5.33. The summed E-state index contributed by atoms with van der Waals surface area (Å²) in [6.45, 7) is 3.63. The Balaban J connectivity index is 4.27. The molecule has 2 atom stereocenters. The van der Waals surface area contributed by atoms with E-state index in [1.807, 2.05) is 0 Å². The van der Waals surface area contributed by atoms with Crippen LogP contribution >= 0.6 is 7.82 Å². The van der Waals surface area contributed by atoms with Crippen molar-refractivity contribution >= 4 is 19.8 Å². The number of carbonyl (C=O) groups is 2. The van der Waals surface area contributed by atoms with E-state index in [4.69, 9.17) is 24.3 Å². The molecule has 50 heavy (non-hydrogen) atoms. The molecule has 0 aromatic heterocycles. The van der Waals surface area contributed by atoms with Crippen LogP contribution in [0.4, 0.5) is 0 Å². The van der Waals surface area contributed by atoms with Crippen molar-refractivity contribution in [3.8, 4) is 0 Å². The van der Waals surface area contributed by atoms with Gasteiger partial charge in [-0.1, -0.05) is 140 Å². The minimum atomic E-state index is -4.38. The second kappa shape index (κ2) is 36.8. The maximum absolute atomic E-state index is 12.5. The molecule has 0 radical (unpaired) electrons. The average Bonchev–Trinajstić information content (AvgIpc) is 3.10. The third kappa shape index (κ3) is 35.8. The van der Waals surface area contributed by atoms with E-state index in [1.165, 1.54) is 70.6 Å². The van der Waals surface area contributed by atoms with E-state index in [1.54, 1.807) is 0 Å². The molecular weight excluding hydrogens is 653 g/mol. The maximum Gasteiger partial charge on any atom is 0.472 e. The molecular formula is C40H72NO8P. The molecule has 0 aromatic carbocycles. The molecule has 0 aromatic rings. The Kier molecular flexibility index (Phi) is 35.3. The van der Waals surface area contributed by atoms with E-state index in [2.05, 4.69) is 62.5 Å². The SMILES string of the molecule is CCCCC/C=C\C/C=C\C/C=C\C/C=C\CCCCCC(=O)O[C@H](COC(=O)CCCCCCCCCCCC)COP(=O)(O)OCCN. The van der Waals surface area contributed by atoms with E-state index < -0.39 is 32.5 Å². The number of esters is 2. The summed E-state index contributed by atoms with van der Waals surface area (Å²) >= 11 is 0. The van der Waals surface area contributed by atoms with Crippen LogP contribution < -0.4 is 5.73 Å². The summed E-state index contributed by atoms with van der Waals surface area (Å²) < 4.78 is 32.6. The van der Waals surface area contributed by atoms with Crippen molar-refractivity contribution in [3.63, 3.8) is 0 Å². The van der Waals surface area contributed by atoms with Crippen molar-refractivity contribution in [1.29, 1.82) is 0 Å². The van der Waals surface area contributed by atoms with Gasteiger partial charge in [0.25, 0.3) is 0 Å². The second-order valence-electron chi connectivity index (χ2n) is 12.8. The van der Waals surface area contributed by atoms with Crippen molar-refractivity contribution < 1.29 is 37.6 Å².